The number of benzene rings is 2. The number of ether oxygens (including phenoxy) is 3. The van der Waals surface area contributed by atoms with Gasteiger partial charge in [-0.3, -0.25) is 9.69 Å². The lowest BCUT2D eigenvalue weighted by molar-refractivity contribution is 0.0810. The van der Waals surface area contributed by atoms with Crippen molar-refractivity contribution in [2.24, 2.45) is 5.92 Å². The van der Waals surface area contributed by atoms with Crippen LogP contribution in [0.3, 0.4) is 0 Å². The minimum absolute atomic E-state index is 0.00420. The quantitative estimate of drug-likeness (QED) is 0.691. The SMILES string of the molecule is COc1cc(CN2CCCC(C(=O)c3ccc(Cl)cc3C)C2)cc2c1OCO2. The van der Waals surface area contributed by atoms with Crippen LogP contribution in [0.1, 0.15) is 34.3 Å². The van der Waals surface area contributed by atoms with Crippen LogP contribution in [0.2, 0.25) is 5.02 Å². The van der Waals surface area contributed by atoms with E-state index < -0.39 is 0 Å². The third-order valence-corrected chi connectivity index (χ3v) is 5.69. The van der Waals surface area contributed by atoms with Gasteiger partial charge >= 0.3 is 0 Å². The molecule has 0 aromatic heterocycles. The molecule has 5 nitrogen and oxygen atoms in total. The molecule has 1 saturated heterocycles. The summed E-state index contributed by atoms with van der Waals surface area (Å²) < 4.78 is 16.4. The molecular weight excluding hydrogens is 378 g/mol. The van der Waals surface area contributed by atoms with Crippen molar-refractivity contribution in [1.82, 2.24) is 4.90 Å². The van der Waals surface area contributed by atoms with Gasteiger partial charge in [-0.2, -0.15) is 0 Å². The Balaban J connectivity index is 1.48. The molecule has 0 saturated carbocycles. The molecule has 0 amide bonds. The first-order valence-electron chi connectivity index (χ1n) is 9.54. The fourth-order valence-electron chi connectivity index (χ4n) is 4.07. The Morgan fingerprint density at radius 2 is 2.14 bits per heavy atom. The largest absolute Gasteiger partial charge is 0.493 e. The zero-order valence-electron chi connectivity index (χ0n) is 16.2. The van der Waals surface area contributed by atoms with Gasteiger partial charge in [-0.1, -0.05) is 11.6 Å². The minimum atomic E-state index is 0.00420. The van der Waals surface area contributed by atoms with E-state index in [0.717, 1.165) is 54.9 Å². The van der Waals surface area contributed by atoms with Crippen LogP contribution in [0.5, 0.6) is 17.2 Å². The number of carbonyl (C=O) groups is 1. The molecule has 0 spiro atoms. The number of hydrogen-bond donors (Lipinski definition) is 0. The van der Waals surface area contributed by atoms with Crippen LogP contribution in [-0.4, -0.2) is 37.7 Å². The zero-order valence-corrected chi connectivity index (χ0v) is 16.9. The van der Waals surface area contributed by atoms with Crippen LogP contribution in [0.25, 0.3) is 0 Å². The number of nitrogens with zero attached hydrogens (tertiary/aromatic N) is 1. The summed E-state index contributed by atoms with van der Waals surface area (Å²) >= 11 is 6.04. The number of rotatable bonds is 5. The molecule has 0 aliphatic carbocycles. The van der Waals surface area contributed by atoms with E-state index in [-0.39, 0.29) is 18.5 Å². The number of ketones is 1. The van der Waals surface area contributed by atoms with Gasteiger partial charge in [-0.05, 0) is 67.8 Å². The highest BCUT2D eigenvalue weighted by Gasteiger charge is 2.28. The number of halogens is 1. The lowest BCUT2D eigenvalue weighted by atomic mass is 9.88. The van der Waals surface area contributed by atoms with Crippen LogP contribution >= 0.6 is 11.6 Å². The Hall–Kier alpha value is -2.24. The van der Waals surface area contributed by atoms with Crippen LogP contribution in [0.15, 0.2) is 30.3 Å². The zero-order chi connectivity index (χ0) is 19.7. The van der Waals surface area contributed by atoms with Gasteiger partial charge in [0.05, 0.1) is 7.11 Å². The summed E-state index contributed by atoms with van der Waals surface area (Å²) in [6, 6.07) is 9.49. The predicted molar refractivity (Wildman–Crippen MR) is 108 cm³/mol. The number of fused-ring (bicyclic) bond motifs is 1. The maximum absolute atomic E-state index is 13.1. The molecule has 2 aromatic carbocycles. The standard InChI is InChI=1S/C22H24ClNO4/c1-14-8-17(23)5-6-18(14)21(25)16-4-3-7-24(12-16)11-15-9-19(26-2)22-20(10-15)27-13-28-22/h5-6,8-10,16H,3-4,7,11-13H2,1-2H3. The third-order valence-electron chi connectivity index (χ3n) is 5.45. The summed E-state index contributed by atoms with van der Waals surface area (Å²) in [7, 11) is 1.63. The summed E-state index contributed by atoms with van der Waals surface area (Å²) in [6.45, 7) is 4.63. The number of methoxy groups -OCH3 is 1. The van der Waals surface area contributed by atoms with Gasteiger partial charge in [0.2, 0.25) is 12.5 Å². The maximum Gasteiger partial charge on any atom is 0.231 e. The highest BCUT2D eigenvalue weighted by Crippen LogP contribution is 2.42. The number of piperidine rings is 1. The van der Waals surface area contributed by atoms with Crippen molar-refractivity contribution in [3.63, 3.8) is 0 Å². The molecule has 1 fully saturated rings. The number of carbonyl (C=O) groups excluding carboxylic acids is 1. The molecule has 0 bridgehead atoms. The van der Waals surface area contributed by atoms with Crippen molar-refractivity contribution in [2.75, 3.05) is 27.0 Å². The second-order valence-electron chi connectivity index (χ2n) is 7.43. The van der Waals surface area contributed by atoms with Crippen molar-refractivity contribution in [1.29, 1.82) is 0 Å². The summed E-state index contributed by atoms with van der Waals surface area (Å²) in [5.41, 5.74) is 2.81. The Labute approximate surface area is 170 Å². The van der Waals surface area contributed by atoms with E-state index in [1.54, 1.807) is 13.2 Å². The fraction of sp³-hybridized carbons (Fsp3) is 0.409. The molecule has 0 N–H and O–H groups in total. The molecule has 1 unspecified atom stereocenters. The lowest BCUT2D eigenvalue weighted by Gasteiger charge is -2.32. The van der Waals surface area contributed by atoms with E-state index in [2.05, 4.69) is 4.90 Å². The van der Waals surface area contributed by atoms with Gasteiger partial charge in [-0.15, -0.1) is 0 Å². The average Bonchev–Trinajstić information content (AvgIpc) is 3.16. The van der Waals surface area contributed by atoms with Gasteiger partial charge in [0.25, 0.3) is 0 Å². The minimum Gasteiger partial charge on any atom is -0.493 e. The maximum atomic E-state index is 13.1. The number of aryl methyl sites for hydroxylation is 1. The van der Waals surface area contributed by atoms with E-state index >= 15 is 0 Å². The number of Topliss-reactive ketones (excluding diaryl/α,β-unsaturated/α-hetero) is 1. The molecule has 1 atom stereocenters. The monoisotopic (exact) mass is 401 g/mol. The molecule has 6 heteroatoms. The predicted octanol–water partition coefficient (Wildman–Crippen LogP) is 4.48. The van der Waals surface area contributed by atoms with Gasteiger partial charge in [0, 0.05) is 29.6 Å². The number of likely N-dealkylation sites (tertiary alicyclic amines) is 1. The molecular formula is C22H24ClNO4. The molecule has 0 radical (unpaired) electrons. The normalized spacial score (nSPS) is 18.9. The Morgan fingerprint density at radius 1 is 1.29 bits per heavy atom. The van der Waals surface area contributed by atoms with Gasteiger partial charge in [0.1, 0.15) is 0 Å². The summed E-state index contributed by atoms with van der Waals surface area (Å²) in [6.07, 6.45) is 1.92. The van der Waals surface area contributed by atoms with Gasteiger partial charge in [0.15, 0.2) is 17.3 Å². The van der Waals surface area contributed by atoms with E-state index in [1.165, 1.54) is 0 Å². The summed E-state index contributed by atoms with van der Waals surface area (Å²) in [4.78, 5) is 15.4. The van der Waals surface area contributed by atoms with Crippen molar-refractivity contribution < 1.29 is 19.0 Å². The van der Waals surface area contributed by atoms with Crippen molar-refractivity contribution >= 4 is 17.4 Å². The van der Waals surface area contributed by atoms with Crippen molar-refractivity contribution in [2.45, 2.75) is 26.3 Å². The molecule has 2 heterocycles. The number of hydrogen-bond acceptors (Lipinski definition) is 5. The lowest BCUT2D eigenvalue weighted by Crippen LogP contribution is -2.38. The Bertz CT molecular complexity index is 898. The van der Waals surface area contributed by atoms with E-state index in [4.69, 9.17) is 25.8 Å². The first kappa shape index (κ1) is 19.1. The average molecular weight is 402 g/mol. The van der Waals surface area contributed by atoms with Crippen LogP contribution in [0.4, 0.5) is 0 Å². The first-order valence-corrected chi connectivity index (χ1v) is 9.92. The molecule has 148 valence electrons. The van der Waals surface area contributed by atoms with Crippen molar-refractivity contribution in [3.8, 4) is 17.2 Å². The van der Waals surface area contributed by atoms with Gasteiger partial charge < -0.3 is 14.2 Å². The highest BCUT2D eigenvalue weighted by molar-refractivity contribution is 6.30. The molecule has 4 rings (SSSR count). The third kappa shape index (κ3) is 3.82. The van der Waals surface area contributed by atoms with Crippen LogP contribution in [0, 0.1) is 12.8 Å². The Kier molecular flexibility index (Phi) is 5.47. The van der Waals surface area contributed by atoms with Gasteiger partial charge in [-0.25, -0.2) is 0 Å². The van der Waals surface area contributed by atoms with Crippen LogP contribution < -0.4 is 14.2 Å². The van der Waals surface area contributed by atoms with E-state index in [0.29, 0.717) is 16.5 Å². The molecule has 2 aromatic rings. The second kappa shape index (κ2) is 8.02. The Morgan fingerprint density at radius 3 is 2.93 bits per heavy atom. The van der Waals surface area contributed by atoms with Crippen LogP contribution in [-0.2, 0) is 6.54 Å². The molecule has 2 aliphatic rings. The fourth-order valence-corrected chi connectivity index (χ4v) is 4.30. The van der Waals surface area contributed by atoms with E-state index in [9.17, 15) is 4.79 Å². The van der Waals surface area contributed by atoms with E-state index in [1.807, 2.05) is 31.2 Å². The van der Waals surface area contributed by atoms with Crippen molar-refractivity contribution in [3.05, 3.63) is 52.0 Å². The summed E-state index contributed by atoms with van der Waals surface area (Å²) in [5.74, 6) is 2.28. The molecule has 2 aliphatic heterocycles. The second-order valence-corrected chi connectivity index (χ2v) is 7.87. The topological polar surface area (TPSA) is 48.0 Å². The molecule has 28 heavy (non-hydrogen) atoms. The first-order chi connectivity index (χ1) is 13.5. The highest BCUT2D eigenvalue weighted by atomic mass is 35.5. The summed E-state index contributed by atoms with van der Waals surface area (Å²) in [5, 5.41) is 0.663. The smallest absolute Gasteiger partial charge is 0.231 e.